The number of carbonyl (C=O) groups is 2. The molecule has 0 aliphatic carbocycles. The molecule has 2 rings (SSSR count). The van der Waals surface area contributed by atoms with E-state index in [1.54, 1.807) is 56.7 Å². The average molecular weight is 527 g/mol. The number of hydrogen-bond acceptors (Lipinski definition) is 6. The van der Waals surface area contributed by atoms with Gasteiger partial charge < -0.3 is 30.5 Å². The van der Waals surface area contributed by atoms with Crippen LogP contribution in [-0.2, 0) is 20.6 Å². The number of amidine groups is 1. The van der Waals surface area contributed by atoms with E-state index in [9.17, 15) is 17.7 Å². The first kappa shape index (κ1) is 32.6. The third-order valence-corrected chi connectivity index (χ3v) is 6.27. The fourth-order valence-corrected chi connectivity index (χ4v) is 3.90. The lowest BCUT2D eigenvalue weighted by Crippen LogP contribution is -2.42. The van der Waals surface area contributed by atoms with Crippen LogP contribution >= 0.6 is 7.14 Å². The second-order valence-electron chi connectivity index (χ2n) is 7.83. The lowest BCUT2D eigenvalue weighted by Gasteiger charge is -2.22. The molecular formula is C25H34F3N4O3P. The van der Waals surface area contributed by atoms with E-state index in [-0.39, 0.29) is 12.4 Å². The van der Waals surface area contributed by atoms with E-state index in [0.717, 1.165) is 16.9 Å². The number of allylic oxidation sites excluding steroid dienone is 1. The van der Waals surface area contributed by atoms with Gasteiger partial charge in [0.2, 0.25) is 0 Å². The summed E-state index contributed by atoms with van der Waals surface area (Å²) in [6, 6.07) is 14.2. The summed E-state index contributed by atoms with van der Waals surface area (Å²) in [5, 5.41) is 6.68. The first-order valence-corrected chi connectivity index (χ1v) is 13.4. The zero-order valence-corrected chi connectivity index (χ0v) is 21.8. The van der Waals surface area contributed by atoms with Crippen LogP contribution in [0.4, 0.5) is 24.5 Å². The number of nitrogens with zero attached hydrogens (tertiary/aromatic N) is 1. The fraction of sp³-hybridized carbons (Fsp3) is 0.320. The highest BCUT2D eigenvalue weighted by Crippen LogP contribution is 2.34. The van der Waals surface area contributed by atoms with Crippen LogP contribution in [0.1, 0.15) is 19.4 Å². The number of aliphatic imine (C=N–C) groups is 1. The second-order valence-corrected chi connectivity index (χ2v) is 11.0. The Hall–Kier alpha value is -3.39. The van der Waals surface area contributed by atoms with Gasteiger partial charge in [0, 0.05) is 23.2 Å². The van der Waals surface area contributed by atoms with Gasteiger partial charge >= 0.3 is 6.18 Å². The summed E-state index contributed by atoms with van der Waals surface area (Å²) in [6.45, 7) is 10.6. The minimum Gasteiger partial charge on any atom is -0.399 e. The molecule has 1 atom stereocenters. The Bertz CT molecular complexity index is 1030. The number of carbonyl (C=O) groups excluding carboxylic acids is 2. The average Bonchev–Trinajstić information content (AvgIpc) is 2.82. The number of rotatable bonds is 8. The topological polar surface area (TPSA) is 114 Å². The van der Waals surface area contributed by atoms with Gasteiger partial charge in [-0.05, 0) is 75.6 Å². The lowest BCUT2D eigenvalue weighted by molar-refractivity contribution is -0.0987. The Morgan fingerprint density at radius 3 is 2.03 bits per heavy atom. The van der Waals surface area contributed by atoms with Crippen molar-refractivity contribution in [3.8, 4) is 0 Å². The Balaban J connectivity index is 0.00000291. The fourth-order valence-electron chi connectivity index (χ4n) is 3.03. The molecule has 7 nitrogen and oxygen atoms in total. The van der Waals surface area contributed by atoms with Crippen molar-refractivity contribution in [3.05, 3.63) is 65.7 Å². The molecule has 0 radical (unpaired) electrons. The molecule has 11 heteroatoms. The van der Waals surface area contributed by atoms with E-state index in [1.807, 2.05) is 25.7 Å². The summed E-state index contributed by atoms with van der Waals surface area (Å²) in [5.41, 5.74) is 7.10. The Morgan fingerprint density at radius 1 is 1.06 bits per heavy atom. The maximum atomic E-state index is 13.5. The quantitative estimate of drug-likeness (QED) is 0.152. The van der Waals surface area contributed by atoms with Crippen LogP contribution in [0.15, 0.2) is 65.2 Å². The predicted octanol–water partition coefficient (Wildman–Crippen LogP) is 4.64. The number of nitrogens with two attached hydrogens (primary N) is 1. The number of halogens is 3. The first-order valence-electron chi connectivity index (χ1n) is 10.8. The third kappa shape index (κ3) is 11.4. The molecule has 0 fully saturated rings. The zero-order valence-electron chi connectivity index (χ0n) is 20.9. The number of hydrogen-bond donors (Lipinski definition) is 3. The molecule has 2 aromatic carbocycles. The van der Waals surface area contributed by atoms with E-state index >= 15 is 0 Å². The van der Waals surface area contributed by atoms with Crippen LogP contribution < -0.4 is 21.7 Å². The molecule has 0 amide bonds. The van der Waals surface area contributed by atoms with E-state index < -0.39 is 25.1 Å². The smallest absolute Gasteiger partial charge is 0.399 e. The van der Waals surface area contributed by atoms with E-state index in [2.05, 4.69) is 15.6 Å². The minimum atomic E-state index is -4.54. The normalized spacial score (nSPS) is 12.9. The SMILES string of the molecule is C/C=C(\C(=NCCc1ccc(N)cc1)NC(C)Nc1ccc(P(C)(C)=O)cc1)C(F)(F)F.C=O.C=O. The largest absolute Gasteiger partial charge is 0.419 e. The number of nitrogens with one attached hydrogen (secondary N) is 2. The number of alkyl halides is 3. The summed E-state index contributed by atoms with van der Waals surface area (Å²) in [6.07, 6.45) is -3.58. The van der Waals surface area contributed by atoms with Gasteiger partial charge in [-0.15, -0.1) is 0 Å². The molecule has 0 aromatic heterocycles. The molecule has 4 N–H and O–H groups in total. The molecule has 0 saturated carbocycles. The zero-order chi connectivity index (χ0) is 27.9. The molecule has 1 unspecified atom stereocenters. The van der Waals surface area contributed by atoms with E-state index in [1.165, 1.54) is 6.92 Å². The van der Waals surface area contributed by atoms with Gasteiger partial charge in [0.15, 0.2) is 0 Å². The highest BCUT2D eigenvalue weighted by Gasteiger charge is 2.36. The molecule has 0 spiro atoms. The Kier molecular flexibility index (Phi) is 14.1. The Labute approximate surface area is 210 Å². The monoisotopic (exact) mass is 526 g/mol. The molecule has 0 saturated heterocycles. The summed E-state index contributed by atoms with van der Waals surface area (Å²) in [7, 11) is -2.37. The van der Waals surface area contributed by atoms with Crippen LogP contribution in [0.2, 0.25) is 0 Å². The van der Waals surface area contributed by atoms with Gasteiger partial charge in [-0.25, -0.2) is 0 Å². The molecule has 198 valence electrons. The van der Waals surface area contributed by atoms with Crippen molar-refractivity contribution >= 4 is 43.2 Å². The van der Waals surface area contributed by atoms with Crippen LogP contribution in [0.3, 0.4) is 0 Å². The van der Waals surface area contributed by atoms with Gasteiger partial charge in [0.25, 0.3) is 0 Å². The molecule has 0 aliphatic heterocycles. The number of nitrogen functional groups attached to an aromatic ring is 1. The van der Waals surface area contributed by atoms with E-state index in [4.69, 9.17) is 15.3 Å². The maximum Gasteiger partial charge on any atom is 0.419 e. The number of benzene rings is 2. The number of anilines is 2. The lowest BCUT2D eigenvalue weighted by atomic mass is 10.1. The Morgan fingerprint density at radius 2 is 1.58 bits per heavy atom. The molecule has 0 heterocycles. The van der Waals surface area contributed by atoms with Crippen LogP contribution in [0, 0.1) is 0 Å². The highest BCUT2D eigenvalue weighted by atomic mass is 31.2. The van der Waals surface area contributed by atoms with Gasteiger partial charge in [0.05, 0.1) is 11.7 Å². The highest BCUT2D eigenvalue weighted by molar-refractivity contribution is 7.70. The van der Waals surface area contributed by atoms with Gasteiger partial charge in [-0.1, -0.05) is 18.2 Å². The van der Waals surface area contributed by atoms with Crippen LogP contribution in [0.5, 0.6) is 0 Å². The molecule has 2 aromatic rings. The molecule has 0 bridgehead atoms. The summed E-state index contributed by atoms with van der Waals surface area (Å²) < 4.78 is 52.8. The minimum absolute atomic E-state index is 0.184. The van der Waals surface area contributed by atoms with Crippen LogP contribution in [-0.4, -0.2) is 51.6 Å². The van der Waals surface area contributed by atoms with Gasteiger partial charge in [-0.2, -0.15) is 13.2 Å². The molecule has 0 aliphatic rings. The van der Waals surface area contributed by atoms with Crippen molar-refractivity contribution in [1.82, 2.24) is 5.32 Å². The maximum absolute atomic E-state index is 13.5. The first-order chi connectivity index (χ1) is 16.9. The third-order valence-electron chi connectivity index (χ3n) is 4.72. The standard InChI is InChI=1S/C23H30F3N4OP.2CH2O/c1-5-21(23(24,25)26)22(28-15-14-17-6-8-18(27)9-7-17)30-16(2)29-19-10-12-20(13-11-19)32(3,4)31;2*1-2/h5-13,16,29H,14-15,27H2,1-4H3,(H,28,30);2*1H2/b21-5+;;. The second kappa shape index (κ2) is 15.6. The van der Waals surface area contributed by atoms with Crippen molar-refractivity contribution in [1.29, 1.82) is 0 Å². The summed E-state index contributed by atoms with van der Waals surface area (Å²) in [4.78, 5) is 20.2. The molecular weight excluding hydrogens is 492 g/mol. The van der Waals surface area contributed by atoms with E-state index in [0.29, 0.717) is 17.8 Å². The van der Waals surface area contributed by atoms with Crippen LogP contribution in [0.25, 0.3) is 0 Å². The predicted molar refractivity (Wildman–Crippen MR) is 143 cm³/mol. The van der Waals surface area contributed by atoms with Crippen molar-refractivity contribution in [2.75, 3.05) is 30.9 Å². The van der Waals surface area contributed by atoms with Crippen molar-refractivity contribution in [2.24, 2.45) is 4.99 Å². The summed E-state index contributed by atoms with van der Waals surface area (Å²) >= 11 is 0. The van der Waals surface area contributed by atoms with Gasteiger partial charge in [-0.3, -0.25) is 4.99 Å². The van der Waals surface area contributed by atoms with Crippen molar-refractivity contribution in [3.63, 3.8) is 0 Å². The van der Waals surface area contributed by atoms with Crippen molar-refractivity contribution in [2.45, 2.75) is 32.6 Å². The summed E-state index contributed by atoms with van der Waals surface area (Å²) in [5.74, 6) is -0.223. The van der Waals surface area contributed by atoms with Gasteiger partial charge in [0.1, 0.15) is 26.6 Å². The molecule has 36 heavy (non-hydrogen) atoms. The van der Waals surface area contributed by atoms with Crippen molar-refractivity contribution < 1.29 is 27.3 Å².